The van der Waals surface area contributed by atoms with Crippen molar-refractivity contribution in [1.29, 1.82) is 5.26 Å². The van der Waals surface area contributed by atoms with Gasteiger partial charge < -0.3 is 0 Å². The largest absolute Gasteiger partial charge is 0.192 e. The summed E-state index contributed by atoms with van der Waals surface area (Å²) in [5.41, 5.74) is 1.72. The Bertz CT molecular complexity index is 336. The van der Waals surface area contributed by atoms with Gasteiger partial charge in [-0.3, -0.25) is 0 Å². The molecule has 0 heterocycles. The van der Waals surface area contributed by atoms with Crippen LogP contribution in [0.3, 0.4) is 0 Å². The fraction of sp³-hybridized carbons (Fsp3) is 0.182. The third-order valence-electron chi connectivity index (χ3n) is 1.65. The zero-order chi connectivity index (χ0) is 9.52. The molecule has 0 saturated heterocycles. The van der Waals surface area contributed by atoms with Crippen LogP contribution in [0.5, 0.6) is 0 Å². The van der Waals surface area contributed by atoms with Gasteiger partial charge in [0.2, 0.25) is 0 Å². The first-order chi connectivity index (χ1) is 6.38. The molecule has 0 saturated carbocycles. The van der Waals surface area contributed by atoms with E-state index < -0.39 is 0 Å². The van der Waals surface area contributed by atoms with Gasteiger partial charge in [-0.1, -0.05) is 46.3 Å². The van der Waals surface area contributed by atoms with E-state index in [9.17, 15) is 0 Å². The van der Waals surface area contributed by atoms with Crippen molar-refractivity contribution in [3.8, 4) is 6.07 Å². The highest BCUT2D eigenvalue weighted by Gasteiger charge is 1.94. The predicted octanol–water partition coefficient (Wildman–Crippen LogP) is 3.36. The first kappa shape index (κ1) is 10.0. The number of nitrogens with zero attached hydrogens (tertiary/aromatic N) is 1. The lowest BCUT2D eigenvalue weighted by molar-refractivity contribution is 1.27. The SMILES string of the molecule is N#Cc1ccccc1C=CCCBr. The van der Waals surface area contributed by atoms with E-state index in [0.717, 1.165) is 22.9 Å². The summed E-state index contributed by atoms with van der Waals surface area (Å²) in [4.78, 5) is 0. The number of rotatable bonds is 3. The zero-order valence-corrected chi connectivity index (χ0v) is 8.79. The normalized spacial score (nSPS) is 10.2. The summed E-state index contributed by atoms with van der Waals surface area (Å²) in [5.74, 6) is 0. The van der Waals surface area contributed by atoms with Crippen LogP contribution in [-0.2, 0) is 0 Å². The Kier molecular flexibility index (Phi) is 4.28. The van der Waals surface area contributed by atoms with Crippen molar-refractivity contribution in [2.75, 3.05) is 5.33 Å². The molecule has 1 nitrogen and oxygen atoms in total. The Labute approximate surface area is 86.8 Å². The lowest BCUT2D eigenvalue weighted by Gasteiger charge is -1.95. The highest BCUT2D eigenvalue weighted by Crippen LogP contribution is 2.09. The number of hydrogen-bond acceptors (Lipinski definition) is 1. The molecular formula is C11H10BrN. The predicted molar refractivity (Wildman–Crippen MR) is 58.6 cm³/mol. The topological polar surface area (TPSA) is 23.8 Å². The summed E-state index contributed by atoms with van der Waals surface area (Å²) in [6, 6.07) is 9.75. The van der Waals surface area contributed by atoms with E-state index in [0.29, 0.717) is 0 Å². The summed E-state index contributed by atoms with van der Waals surface area (Å²) in [7, 11) is 0. The minimum Gasteiger partial charge on any atom is -0.192 e. The van der Waals surface area contributed by atoms with Crippen LogP contribution in [0.25, 0.3) is 6.08 Å². The van der Waals surface area contributed by atoms with Crippen molar-refractivity contribution in [3.05, 3.63) is 41.5 Å². The molecule has 0 aliphatic carbocycles. The molecule has 0 spiro atoms. The van der Waals surface area contributed by atoms with Crippen molar-refractivity contribution in [2.24, 2.45) is 0 Å². The summed E-state index contributed by atoms with van der Waals surface area (Å²) in [5, 5.41) is 9.74. The van der Waals surface area contributed by atoms with Gasteiger partial charge in [0.1, 0.15) is 0 Å². The molecule has 0 amide bonds. The first-order valence-electron chi connectivity index (χ1n) is 4.10. The van der Waals surface area contributed by atoms with Gasteiger partial charge in [0.05, 0.1) is 11.6 Å². The van der Waals surface area contributed by atoms with E-state index >= 15 is 0 Å². The van der Waals surface area contributed by atoms with E-state index in [4.69, 9.17) is 5.26 Å². The van der Waals surface area contributed by atoms with Gasteiger partial charge in [-0.05, 0) is 18.1 Å². The number of benzene rings is 1. The van der Waals surface area contributed by atoms with E-state index in [1.807, 2.05) is 30.3 Å². The monoisotopic (exact) mass is 235 g/mol. The molecule has 0 unspecified atom stereocenters. The van der Waals surface area contributed by atoms with Gasteiger partial charge in [-0.15, -0.1) is 0 Å². The minimum absolute atomic E-state index is 0.730. The second-order valence-corrected chi connectivity index (χ2v) is 3.37. The van der Waals surface area contributed by atoms with E-state index in [2.05, 4.69) is 28.1 Å². The van der Waals surface area contributed by atoms with Gasteiger partial charge in [0, 0.05) is 5.33 Å². The Morgan fingerprint density at radius 3 is 2.85 bits per heavy atom. The van der Waals surface area contributed by atoms with Crippen molar-refractivity contribution in [2.45, 2.75) is 6.42 Å². The lowest BCUT2D eigenvalue weighted by atomic mass is 10.1. The fourth-order valence-corrected chi connectivity index (χ4v) is 1.28. The molecule has 0 aliphatic heterocycles. The van der Waals surface area contributed by atoms with E-state index in [1.54, 1.807) is 0 Å². The van der Waals surface area contributed by atoms with Gasteiger partial charge in [-0.2, -0.15) is 5.26 Å². The highest BCUT2D eigenvalue weighted by atomic mass is 79.9. The fourth-order valence-electron chi connectivity index (χ4n) is 1.02. The van der Waals surface area contributed by atoms with E-state index in [-0.39, 0.29) is 0 Å². The maximum absolute atomic E-state index is 8.78. The van der Waals surface area contributed by atoms with Gasteiger partial charge in [0.15, 0.2) is 0 Å². The van der Waals surface area contributed by atoms with Crippen LogP contribution < -0.4 is 0 Å². The minimum atomic E-state index is 0.730. The smallest absolute Gasteiger partial charge is 0.0997 e. The van der Waals surface area contributed by atoms with Crippen molar-refractivity contribution in [1.82, 2.24) is 0 Å². The Hall–Kier alpha value is -1.07. The van der Waals surface area contributed by atoms with Crippen LogP contribution in [0, 0.1) is 11.3 Å². The molecule has 1 aromatic rings. The molecule has 0 aromatic heterocycles. The standard InChI is InChI=1S/C11H10BrN/c12-8-4-3-6-10-5-1-2-7-11(10)9-13/h1-3,5-7H,4,8H2. The number of nitriles is 1. The van der Waals surface area contributed by atoms with Gasteiger partial charge in [-0.25, -0.2) is 0 Å². The number of hydrogen-bond donors (Lipinski definition) is 0. The van der Waals surface area contributed by atoms with Crippen LogP contribution in [0.15, 0.2) is 30.3 Å². The molecule has 66 valence electrons. The molecule has 0 fully saturated rings. The molecule has 2 heteroatoms. The maximum atomic E-state index is 8.78. The van der Waals surface area contributed by atoms with Crippen LogP contribution in [0.4, 0.5) is 0 Å². The molecule has 1 rings (SSSR count). The molecule has 0 atom stereocenters. The molecule has 0 N–H and O–H groups in total. The zero-order valence-electron chi connectivity index (χ0n) is 7.20. The van der Waals surface area contributed by atoms with E-state index in [1.165, 1.54) is 0 Å². The van der Waals surface area contributed by atoms with Gasteiger partial charge >= 0.3 is 0 Å². The summed E-state index contributed by atoms with van der Waals surface area (Å²) < 4.78 is 0. The van der Waals surface area contributed by atoms with Crippen LogP contribution in [-0.4, -0.2) is 5.33 Å². The second-order valence-electron chi connectivity index (χ2n) is 2.58. The quantitative estimate of drug-likeness (QED) is 0.738. The maximum Gasteiger partial charge on any atom is 0.0997 e. The molecule has 0 radical (unpaired) electrons. The molecule has 1 aromatic carbocycles. The van der Waals surface area contributed by atoms with Crippen LogP contribution in [0.1, 0.15) is 17.5 Å². The number of alkyl halides is 1. The average molecular weight is 236 g/mol. The number of halogens is 1. The summed E-state index contributed by atoms with van der Waals surface area (Å²) in [6.07, 6.45) is 5.03. The molecule has 0 bridgehead atoms. The van der Waals surface area contributed by atoms with Crippen LogP contribution >= 0.6 is 15.9 Å². The number of allylic oxidation sites excluding steroid dienone is 1. The molecule has 0 aliphatic rings. The second kappa shape index (κ2) is 5.55. The Morgan fingerprint density at radius 1 is 1.38 bits per heavy atom. The summed E-state index contributed by atoms with van der Waals surface area (Å²) in [6.45, 7) is 0. The molecule has 13 heavy (non-hydrogen) atoms. The average Bonchev–Trinajstić information content (AvgIpc) is 2.19. The van der Waals surface area contributed by atoms with Gasteiger partial charge in [0.25, 0.3) is 0 Å². The molecular weight excluding hydrogens is 226 g/mol. The van der Waals surface area contributed by atoms with Crippen molar-refractivity contribution >= 4 is 22.0 Å². The first-order valence-corrected chi connectivity index (χ1v) is 5.22. The summed E-state index contributed by atoms with van der Waals surface area (Å²) >= 11 is 3.34. The Balaban J connectivity index is 2.82. The third kappa shape index (κ3) is 3.04. The third-order valence-corrected chi connectivity index (χ3v) is 2.11. The Morgan fingerprint density at radius 2 is 2.15 bits per heavy atom. The lowest BCUT2D eigenvalue weighted by Crippen LogP contribution is -1.79. The van der Waals surface area contributed by atoms with Crippen molar-refractivity contribution in [3.63, 3.8) is 0 Å². The highest BCUT2D eigenvalue weighted by molar-refractivity contribution is 9.09. The van der Waals surface area contributed by atoms with Crippen LogP contribution in [0.2, 0.25) is 0 Å². The van der Waals surface area contributed by atoms with Crippen molar-refractivity contribution < 1.29 is 0 Å².